The summed E-state index contributed by atoms with van der Waals surface area (Å²) in [5.41, 5.74) is 5.12. The van der Waals surface area contributed by atoms with Gasteiger partial charge in [0.1, 0.15) is 0 Å². The van der Waals surface area contributed by atoms with Crippen LogP contribution in [0.15, 0.2) is 54.6 Å². The topological polar surface area (TPSA) is 75.4 Å². The molecule has 0 radical (unpaired) electrons. The molecule has 3 rings (SSSR count). The van der Waals surface area contributed by atoms with E-state index in [1.54, 1.807) is 0 Å². The summed E-state index contributed by atoms with van der Waals surface area (Å²) >= 11 is 0. The number of primary amides is 1. The maximum absolute atomic E-state index is 12.3. The van der Waals surface area contributed by atoms with Crippen molar-refractivity contribution < 1.29 is 22.8 Å². The van der Waals surface area contributed by atoms with Gasteiger partial charge in [-0.2, -0.15) is 13.2 Å². The highest BCUT2D eigenvalue weighted by Gasteiger charge is 2.30. The molecule has 156 valence electrons. The molecule has 29 heavy (non-hydrogen) atoms. The van der Waals surface area contributed by atoms with Crippen LogP contribution in [0.4, 0.5) is 13.2 Å². The van der Waals surface area contributed by atoms with Crippen LogP contribution in [-0.4, -0.2) is 36.3 Å². The number of benzene rings is 2. The molecule has 1 fully saturated rings. The van der Waals surface area contributed by atoms with Crippen LogP contribution >= 0.6 is 0 Å². The highest BCUT2D eigenvalue weighted by Crippen LogP contribution is 2.29. The Morgan fingerprint density at radius 1 is 1.00 bits per heavy atom. The molecule has 0 saturated carbocycles. The molecule has 0 spiro atoms. The van der Waals surface area contributed by atoms with Gasteiger partial charge in [-0.15, -0.1) is 0 Å². The molecule has 0 atom stereocenters. The molecule has 1 aliphatic heterocycles. The van der Waals surface area contributed by atoms with Gasteiger partial charge in [-0.1, -0.05) is 36.4 Å². The van der Waals surface area contributed by atoms with Crippen LogP contribution in [0.5, 0.6) is 0 Å². The van der Waals surface area contributed by atoms with Crippen molar-refractivity contribution in [3.05, 3.63) is 71.3 Å². The van der Waals surface area contributed by atoms with Crippen molar-refractivity contribution in [2.45, 2.75) is 25.6 Å². The lowest BCUT2D eigenvalue weighted by molar-refractivity contribution is -0.137. The van der Waals surface area contributed by atoms with Gasteiger partial charge in [-0.25, -0.2) is 0 Å². The molecule has 1 saturated heterocycles. The van der Waals surface area contributed by atoms with E-state index in [2.05, 4.69) is 40.5 Å². The van der Waals surface area contributed by atoms with Gasteiger partial charge in [-0.05, 0) is 49.7 Å². The predicted octanol–water partition coefficient (Wildman–Crippen LogP) is 3.20. The normalized spacial score (nSPS) is 14.0. The number of alkyl halides is 3. The van der Waals surface area contributed by atoms with E-state index in [1.165, 1.54) is 37.6 Å². The number of hydrogen-bond donors (Lipinski definition) is 2. The van der Waals surface area contributed by atoms with E-state index < -0.39 is 30.1 Å². The summed E-state index contributed by atoms with van der Waals surface area (Å²) in [5, 5.41) is 2.10. The number of hydrogen-bond acceptors (Lipinski definition) is 3. The number of halogens is 3. The molecule has 0 unspecified atom stereocenters. The van der Waals surface area contributed by atoms with Gasteiger partial charge in [0.15, 0.2) is 0 Å². The quantitative estimate of drug-likeness (QED) is 0.799. The van der Waals surface area contributed by atoms with Crippen LogP contribution in [0.25, 0.3) is 0 Å². The Kier molecular flexibility index (Phi) is 8.21. The maximum Gasteiger partial charge on any atom is 0.416 e. The van der Waals surface area contributed by atoms with E-state index >= 15 is 0 Å². The molecule has 2 aromatic rings. The van der Waals surface area contributed by atoms with Crippen LogP contribution in [0.1, 0.15) is 34.3 Å². The van der Waals surface area contributed by atoms with Gasteiger partial charge in [0.05, 0.1) is 12.1 Å². The average molecular weight is 407 g/mol. The Balaban J connectivity index is 0.000000218. The zero-order valence-electron chi connectivity index (χ0n) is 15.9. The lowest BCUT2D eigenvalue weighted by Crippen LogP contribution is -2.33. The molecule has 1 aliphatic rings. The second-order valence-corrected chi connectivity index (χ2v) is 6.70. The lowest BCUT2D eigenvalue weighted by atomic mass is 10.1. The summed E-state index contributed by atoms with van der Waals surface area (Å²) in [6.45, 7) is 3.29. The van der Waals surface area contributed by atoms with E-state index in [0.717, 1.165) is 18.7 Å². The van der Waals surface area contributed by atoms with Crippen molar-refractivity contribution in [1.29, 1.82) is 0 Å². The second kappa shape index (κ2) is 10.6. The molecule has 8 heteroatoms. The summed E-state index contributed by atoms with van der Waals surface area (Å²) in [4.78, 5) is 24.3. The van der Waals surface area contributed by atoms with E-state index in [4.69, 9.17) is 5.73 Å². The third-order valence-corrected chi connectivity index (χ3v) is 4.32. The molecule has 0 aliphatic carbocycles. The van der Waals surface area contributed by atoms with Crippen molar-refractivity contribution in [2.75, 3.05) is 19.6 Å². The lowest BCUT2D eigenvalue weighted by Gasteiger charge is -2.13. The minimum atomic E-state index is -4.51. The minimum absolute atomic E-state index is 0.180. The first-order valence-electron chi connectivity index (χ1n) is 9.26. The Morgan fingerprint density at radius 3 is 2.24 bits per heavy atom. The van der Waals surface area contributed by atoms with Crippen LogP contribution in [0, 0.1) is 0 Å². The fourth-order valence-electron chi connectivity index (χ4n) is 2.89. The Morgan fingerprint density at radius 2 is 1.66 bits per heavy atom. The summed E-state index contributed by atoms with van der Waals surface area (Å²) < 4.78 is 37.0. The number of nitrogens with one attached hydrogen (secondary N) is 1. The Bertz CT molecular complexity index is 804. The van der Waals surface area contributed by atoms with Crippen LogP contribution in [0.3, 0.4) is 0 Å². The average Bonchev–Trinajstić information content (AvgIpc) is 3.20. The van der Waals surface area contributed by atoms with Crippen molar-refractivity contribution in [3.63, 3.8) is 0 Å². The fraction of sp³-hybridized carbons (Fsp3) is 0.333. The number of rotatable bonds is 5. The van der Waals surface area contributed by atoms with Crippen molar-refractivity contribution in [3.8, 4) is 0 Å². The second-order valence-electron chi connectivity index (χ2n) is 6.70. The molecular weight excluding hydrogens is 383 g/mol. The molecule has 3 N–H and O–H groups in total. The third kappa shape index (κ3) is 7.95. The minimum Gasteiger partial charge on any atom is -0.368 e. The smallest absolute Gasteiger partial charge is 0.368 e. The van der Waals surface area contributed by atoms with Crippen molar-refractivity contribution in [2.24, 2.45) is 5.73 Å². The molecule has 2 aromatic carbocycles. The van der Waals surface area contributed by atoms with Gasteiger partial charge in [0.2, 0.25) is 5.91 Å². The summed E-state index contributed by atoms with van der Waals surface area (Å²) in [6, 6.07) is 14.6. The highest BCUT2D eigenvalue weighted by molar-refractivity contribution is 5.96. The van der Waals surface area contributed by atoms with Gasteiger partial charge < -0.3 is 11.1 Å². The van der Waals surface area contributed by atoms with Crippen molar-refractivity contribution >= 4 is 11.8 Å². The number of nitrogens with two attached hydrogens (primary N) is 1. The summed E-state index contributed by atoms with van der Waals surface area (Å²) in [5.74, 6) is -1.56. The standard InChI is InChI=1S/C11H15N.C10H9F3N2O2/c1-2-6-11(7-3-1)10-12-8-4-5-9-12;11-10(12,13)7-3-1-2-6(4-7)9(17)15-5-8(14)16/h1-3,6-7H,4-5,8-10H2;1-4H,5H2,(H2,14,16)(H,15,17). The molecule has 0 bridgehead atoms. The van der Waals surface area contributed by atoms with E-state index in [-0.39, 0.29) is 5.56 Å². The van der Waals surface area contributed by atoms with E-state index in [9.17, 15) is 22.8 Å². The number of amides is 2. The molecule has 5 nitrogen and oxygen atoms in total. The first-order valence-corrected chi connectivity index (χ1v) is 9.26. The van der Waals surface area contributed by atoms with Gasteiger partial charge in [-0.3, -0.25) is 14.5 Å². The number of likely N-dealkylation sites (tertiary alicyclic amines) is 1. The Hall–Kier alpha value is -2.87. The SMILES string of the molecule is NC(=O)CNC(=O)c1cccc(C(F)(F)F)c1.c1ccc(CN2CCCC2)cc1. The van der Waals surface area contributed by atoms with Crippen LogP contribution < -0.4 is 11.1 Å². The van der Waals surface area contributed by atoms with Gasteiger partial charge >= 0.3 is 6.18 Å². The van der Waals surface area contributed by atoms with E-state index in [0.29, 0.717) is 6.07 Å². The largest absolute Gasteiger partial charge is 0.416 e. The first kappa shape index (κ1) is 22.4. The first-order chi connectivity index (χ1) is 13.8. The van der Waals surface area contributed by atoms with Gasteiger partial charge in [0.25, 0.3) is 5.91 Å². The number of carbonyl (C=O) groups is 2. The number of carbonyl (C=O) groups excluding carboxylic acids is 2. The van der Waals surface area contributed by atoms with Crippen LogP contribution in [-0.2, 0) is 17.5 Å². The summed E-state index contributed by atoms with van der Waals surface area (Å²) in [7, 11) is 0. The molecule has 1 heterocycles. The monoisotopic (exact) mass is 407 g/mol. The fourth-order valence-corrected chi connectivity index (χ4v) is 2.89. The van der Waals surface area contributed by atoms with E-state index in [1.807, 2.05) is 0 Å². The predicted molar refractivity (Wildman–Crippen MR) is 104 cm³/mol. The molecule has 2 amide bonds. The maximum atomic E-state index is 12.3. The molecular formula is C21H24F3N3O2. The molecule has 0 aromatic heterocycles. The van der Waals surface area contributed by atoms with Crippen molar-refractivity contribution in [1.82, 2.24) is 10.2 Å². The van der Waals surface area contributed by atoms with Gasteiger partial charge in [0, 0.05) is 12.1 Å². The highest BCUT2D eigenvalue weighted by atomic mass is 19.4. The zero-order valence-corrected chi connectivity index (χ0v) is 15.9. The number of nitrogens with zero attached hydrogens (tertiary/aromatic N) is 1. The zero-order chi connectivity index (χ0) is 21.3. The third-order valence-electron chi connectivity index (χ3n) is 4.32. The Labute approximate surface area is 167 Å². The van der Waals surface area contributed by atoms with Crippen LogP contribution in [0.2, 0.25) is 0 Å². The summed E-state index contributed by atoms with van der Waals surface area (Å²) in [6.07, 6.45) is -1.75.